The van der Waals surface area contributed by atoms with Crippen molar-refractivity contribution in [3.8, 4) is 5.75 Å². The Morgan fingerprint density at radius 2 is 1.86 bits per heavy atom. The van der Waals surface area contributed by atoms with Gasteiger partial charge in [0.05, 0.1) is 0 Å². The Morgan fingerprint density at radius 1 is 1.14 bits per heavy atom. The van der Waals surface area contributed by atoms with Gasteiger partial charge in [-0.25, -0.2) is 0 Å². The van der Waals surface area contributed by atoms with Gasteiger partial charge in [0, 0.05) is 31.2 Å². The van der Waals surface area contributed by atoms with Crippen molar-refractivity contribution in [3.63, 3.8) is 0 Å². The van der Waals surface area contributed by atoms with Crippen molar-refractivity contribution < 1.29 is 5.11 Å². The van der Waals surface area contributed by atoms with Crippen LogP contribution in [0.1, 0.15) is 29.7 Å². The summed E-state index contributed by atoms with van der Waals surface area (Å²) >= 11 is 0. The second-order valence-electron chi connectivity index (χ2n) is 5.48. The van der Waals surface area contributed by atoms with E-state index < -0.39 is 0 Å². The second-order valence-corrected chi connectivity index (χ2v) is 5.48. The van der Waals surface area contributed by atoms with Crippen LogP contribution in [0.4, 0.5) is 0 Å². The molecule has 0 saturated heterocycles. The van der Waals surface area contributed by atoms with Crippen molar-refractivity contribution in [1.29, 1.82) is 0 Å². The molecule has 0 radical (unpaired) electrons. The van der Waals surface area contributed by atoms with Gasteiger partial charge in [0.15, 0.2) is 0 Å². The number of nitrogens with zero attached hydrogens (tertiary/aromatic N) is 1. The van der Waals surface area contributed by atoms with Gasteiger partial charge in [0.25, 0.3) is 0 Å². The molecule has 0 amide bonds. The molecular formula is C18H24N2O. The van der Waals surface area contributed by atoms with E-state index in [0.717, 1.165) is 24.2 Å². The molecule has 0 saturated carbocycles. The van der Waals surface area contributed by atoms with E-state index in [4.69, 9.17) is 5.73 Å². The van der Waals surface area contributed by atoms with Crippen LogP contribution >= 0.6 is 0 Å². The zero-order chi connectivity index (χ0) is 15.2. The van der Waals surface area contributed by atoms with Crippen molar-refractivity contribution in [3.05, 3.63) is 65.2 Å². The summed E-state index contributed by atoms with van der Waals surface area (Å²) in [6.45, 7) is 6.38. The van der Waals surface area contributed by atoms with Gasteiger partial charge in [-0.05, 0) is 25.5 Å². The van der Waals surface area contributed by atoms with Crippen molar-refractivity contribution in [1.82, 2.24) is 4.90 Å². The highest BCUT2D eigenvalue weighted by Crippen LogP contribution is 2.30. The first-order valence-electron chi connectivity index (χ1n) is 7.39. The molecular weight excluding hydrogens is 260 g/mol. The summed E-state index contributed by atoms with van der Waals surface area (Å²) in [6, 6.07) is 16.2. The molecule has 0 aliphatic rings. The van der Waals surface area contributed by atoms with E-state index >= 15 is 0 Å². The van der Waals surface area contributed by atoms with Gasteiger partial charge in [-0.1, -0.05) is 48.0 Å². The fraction of sp³-hybridized carbons (Fsp3) is 0.333. The van der Waals surface area contributed by atoms with Crippen LogP contribution in [0.15, 0.2) is 48.5 Å². The standard InChI is InChI=1S/C18H24N2O/c1-14-8-9-18(21)17(12-14)15(2)20(11-10-19)13-16-6-4-3-5-7-16/h3-9,12,15,21H,10-11,13,19H2,1-2H3. The number of phenolic OH excluding ortho intramolecular Hbond substituents is 1. The lowest BCUT2D eigenvalue weighted by Crippen LogP contribution is -2.31. The number of hydrogen-bond donors (Lipinski definition) is 2. The lowest BCUT2D eigenvalue weighted by molar-refractivity contribution is 0.204. The quantitative estimate of drug-likeness (QED) is 0.856. The predicted molar refractivity (Wildman–Crippen MR) is 87.2 cm³/mol. The van der Waals surface area contributed by atoms with Crippen LogP contribution in [0.5, 0.6) is 5.75 Å². The smallest absolute Gasteiger partial charge is 0.120 e. The van der Waals surface area contributed by atoms with Crippen molar-refractivity contribution in [2.45, 2.75) is 26.4 Å². The minimum absolute atomic E-state index is 0.119. The molecule has 3 nitrogen and oxygen atoms in total. The molecule has 0 bridgehead atoms. The zero-order valence-corrected chi connectivity index (χ0v) is 12.8. The van der Waals surface area contributed by atoms with Crippen LogP contribution < -0.4 is 5.73 Å². The highest BCUT2D eigenvalue weighted by molar-refractivity contribution is 5.37. The first-order chi connectivity index (χ1) is 10.1. The maximum Gasteiger partial charge on any atom is 0.120 e. The predicted octanol–water partition coefficient (Wildman–Crippen LogP) is 3.22. The number of hydrogen-bond acceptors (Lipinski definition) is 3. The Balaban J connectivity index is 2.22. The Labute approximate surface area is 127 Å². The van der Waals surface area contributed by atoms with Crippen LogP contribution in [-0.4, -0.2) is 23.1 Å². The molecule has 112 valence electrons. The maximum absolute atomic E-state index is 10.1. The van der Waals surface area contributed by atoms with Crippen molar-refractivity contribution in [2.24, 2.45) is 5.73 Å². The molecule has 1 unspecified atom stereocenters. The molecule has 0 aliphatic carbocycles. The van der Waals surface area contributed by atoms with Gasteiger partial charge in [-0.15, -0.1) is 0 Å². The SMILES string of the molecule is Cc1ccc(O)c(C(C)N(CCN)Cc2ccccc2)c1. The third-order valence-electron chi connectivity index (χ3n) is 3.83. The number of aromatic hydroxyl groups is 1. The van der Waals surface area contributed by atoms with Crippen LogP contribution in [0.25, 0.3) is 0 Å². The molecule has 3 N–H and O–H groups in total. The number of phenols is 1. The lowest BCUT2D eigenvalue weighted by atomic mass is 10.0. The highest BCUT2D eigenvalue weighted by Gasteiger charge is 2.18. The van der Waals surface area contributed by atoms with Crippen molar-refractivity contribution >= 4 is 0 Å². The average Bonchev–Trinajstić information content (AvgIpc) is 2.49. The van der Waals surface area contributed by atoms with Gasteiger partial charge in [0.1, 0.15) is 5.75 Å². The first kappa shape index (κ1) is 15.5. The summed E-state index contributed by atoms with van der Waals surface area (Å²) in [5.41, 5.74) is 9.13. The van der Waals surface area contributed by atoms with E-state index in [1.54, 1.807) is 6.07 Å². The maximum atomic E-state index is 10.1. The zero-order valence-electron chi connectivity index (χ0n) is 12.8. The fourth-order valence-corrected chi connectivity index (χ4v) is 2.60. The molecule has 2 rings (SSSR count). The van der Waals surface area contributed by atoms with Gasteiger partial charge < -0.3 is 10.8 Å². The molecule has 1 atom stereocenters. The summed E-state index contributed by atoms with van der Waals surface area (Å²) < 4.78 is 0. The normalized spacial score (nSPS) is 12.6. The third kappa shape index (κ3) is 4.06. The third-order valence-corrected chi connectivity index (χ3v) is 3.83. The fourth-order valence-electron chi connectivity index (χ4n) is 2.60. The van der Waals surface area contributed by atoms with Crippen LogP contribution in [0.2, 0.25) is 0 Å². The molecule has 0 aliphatic heterocycles. The number of benzene rings is 2. The summed E-state index contributed by atoms with van der Waals surface area (Å²) in [6.07, 6.45) is 0. The minimum Gasteiger partial charge on any atom is -0.508 e. The van der Waals surface area contributed by atoms with Gasteiger partial charge >= 0.3 is 0 Å². The van der Waals surface area contributed by atoms with Gasteiger partial charge in [-0.3, -0.25) is 4.90 Å². The highest BCUT2D eigenvalue weighted by atomic mass is 16.3. The minimum atomic E-state index is 0.119. The Kier molecular flexibility index (Phi) is 5.37. The van der Waals surface area contributed by atoms with Gasteiger partial charge in [-0.2, -0.15) is 0 Å². The second kappa shape index (κ2) is 7.25. The van der Waals surface area contributed by atoms with E-state index in [1.807, 2.05) is 31.2 Å². The average molecular weight is 284 g/mol. The van der Waals surface area contributed by atoms with E-state index in [2.05, 4.69) is 30.0 Å². The van der Waals surface area contributed by atoms with E-state index in [-0.39, 0.29) is 6.04 Å². The summed E-state index contributed by atoms with van der Waals surface area (Å²) in [4.78, 5) is 2.30. The molecule has 2 aromatic rings. The van der Waals surface area contributed by atoms with E-state index in [1.165, 1.54) is 5.56 Å². The van der Waals surface area contributed by atoms with E-state index in [9.17, 15) is 5.11 Å². The molecule has 21 heavy (non-hydrogen) atoms. The topological polar surface area (TPSA) is 49.5 Å². The monoisotopic (exact) mass is 284 g/mol. The Hall–Kier alpha value is -1.84. The molecule has 0 fully saturated rings. The molecule has 2 aromatic carbocycles. The summed E-state index contributed by atoms with van der Waals surface area (Å²) in [7, 11) is 0. The Morgan fingerprint density at radius 3 is 2.52 bits per heavy atom. The molecule has 0 spiro atoms. The van der Waals surface area contributed by atoms with Gasteiger partial charge in [0.2, 0.25) is 0 Å². The molecule has 0 aromatic heterocycles. The first-order valence-corrected chi connectivity index (χ1v) is 7.39. The lowest BCUT2D eigenvalue weighted by Gasteiger charge is -2.29. The van der Waals surface area contributed by atoms with Crippen LogP contribution in [0, 0.1) is 6.92 Å². The molecule has 0 heterocycles. The van der Waals surface area contributed by atoms with E-state index in [0.29, 0.717) is 12.3 Å². The van der Waals surface area contributed by atoms with Crippen LogP contribution in [0.3, 0.4) is 0 Å². The van der Waals surface area contributed by atoms with Crippen LogP contribution in [-0.2, 0) is 6.54 Å². The number of nitrogens with two attached hydrogens (primary N) is 1. The summed E-state index contributed by atoms with van der Waals surface area (Å²) in [5.74, 6) is 0.350. The molecule has 3 heteroatoms. The van der Waals surface area contributed by atoms with Crippen molar-refractivity contribution in [2.75, 3.05) is 13.1 Å². The Bertz CT molecular complexity index is 569. The number of rotatable bonds is 6. The summed E-state index contributed by atoms with van der Waals surface area (Å²) in [5, 5.41) is 10.1. The largest absolute Gasteiger partial charge is 0.508 e. The number of aryl methyl sites for hydroxylation is 1.